The van der Waals surface area contributed by atoms with Gasteiger partial charge >= 0.3 is 5.97 Å². The van der Waals surface area contributed by atoms with Gasteiger partial charge in [-0.05, 0) is 53.1 Å². The van der Waals surface area contributed by atoms with Crippen LogP contribution in [0, 0.1) is 0 Å². The van der Waals surface area contributed by atoms with Gasteiger partial charge in [0.25, 0.3) is 5.91 Å². The maximum atomic E-state index is 13.3. The van der Waals surface area contributed by atoms with Crippen molar-refractivity contribution in [1.29, 1.82) is 0 Å². The number of ether oxygens (including phenoxy) is 2. The van der Waals surface area contributed by atoms with E-state index in [1.165, 1.54) is 13.4 Å². The molecule has 0 aliphatic rings. The summed E-state index contributed by atoms with van der Waals surface area (Å²) in [5.74, 6) is -0.685. The lowest BCUT2D eigenvalue weighted by molar-refractivity contribution is -0.137. The van der Waals surface area contributed by atoms with Gasteiger partial charge in [0, 0.05) is 12.1 Å². The van der Waals surface area contributed by atoms with Gasteiger partial charge in [0.2, 0.25) is 5.91 Å². The van der Waals surface area contributed by atoms with Gasteiger partial charge in [-0.2, -0.15) is 5.10 Å². The Kier molecular flexibility index (Phi) is 10.8. The summed E-state index contributed by atoms with van der Waals surface area (Å²) in [6.45, 7) is 0.133. The number of amides is 2. The van der Waals surface area contributed by atoms with Crippen LogP contribution in [0.2, 0.25) is 0 Å². The number of nitrogens with zero attached hydrogens (tertiary/aromatic N) is 4. The van der Waals surface area contributed by atoms with Crippen LogP contribution in [-0.2, 0) is 28.1 Å². The normalized spacial score (nSPS) is 11.2. The summed E-state index contributed by atoms with van der Waals surface area (Å²) in [7, 11) is 3.17. The van der Waals surface area contributed by atoms with Crippen molar-refractivity contribution in [2.45, 2.75) is 18.5 Å². The van der Waals surface area contributed by atoms with Crippen LogP contribution in [0.25, 0.3) is 11.0 Å². The van der Waals surface area contributed by atoms with Gasteiger partial charge in [-0.1, -0.05) is 72.8 Å². The van der Waals surface area contributed by atoms with Gasteiger partial charge in [-0.15, -0.1) is 0 Å². The average molecular weight is 700 g/mol. The molecule has 0 fully saturated rings. The molecule has 6 aromatic rings. The molecule has 4 aromatic carbocycles. The quantitative estimate of drug-likeness (QED) is 0.113. The van der Waals surface area contributed by atoms with Crippen molar-refractivity contribution in [2.24, 2.45) is 0 Å². The first-order valence-corrected chi connectivity index (χ1v) is 16.5. The van der Waals surface area contributed by atoms with E-state index in [4.69, 9.17) is 19.7 Å². The molecule has 0 unspecified atom stereocenters. The molecule has 2 aromatic heterocycles. The van der Waals surface area contributed by atoms with E-state index in [0.717, 1.165) is 22.4 Å². The summed E-state index contributed by atoms with van der Waals surface area (Å²) in [5.41, 5.74) is 3.24. The van der Waals surface area contributed by atoms with E-state index in [0.29, 0.717) is 35.4 Å². The zero-order valence-electron chi connectivity index (χ0n) is 28.6. The first-order valence-electron chi connectivity index (χ1n) is 16.5. The summed E-state index contributed by atoms with van der Waals surface area (Å²) in [6.07, 6.45) is 1.05. The van der Waals surface area contributed by atoms with Crippen molar-refractivity contribution in [3.05, 3.63) is 143 Å². The number of aliphatic carboxylic acids is 1. The second-order valence-electron chi connectivity index (χ2n) is 11.8. The number of hydrogen-bond donors (Lipinski definition) is 4. The van der Waals surface area contributed by atoms with Gasteiger partial charge in [-0.25, -0.2) is 14.6 Å². The molecular weight excluding hydrogens is 662 g/mol. The summed E-state index contributed by atoms with van der Waals surface area (Å²) < 4.78 is 12.3. The van der Waals surface area contributed by atoms with E-state index in [-0.39, 0.29) is 17.9 Å². The van der Waals surface area contributed by atoms with Gasteiger partial charge in [0.15, 0.2) is 5.65 Å². The molecule has 13 heteroatoms. The van der Waals surface area contributed by atoms with Crippen molar-refractivity contribution in [1.82, 2.24) is 30.4 Å². The van der Waals surface area contributed by atoms with E-state index < -0.39 is 29.9 Å². The highest BCUT2D eigenvalue weighted by Gasteiger charge is 2.36. The number of carboxylic acids is 1. The number of fused-ring (bicyclic) bond motifs is 1. The predicted molar refractivity (Wildman–Crippen MR) is 194 cm³/mol. The second-order valence-corrected chi connectivity index (χ2v) is 11.8. The van der Waals surface area contributed by atoms with Gasteiger partial charge in [0.05, 0.1) is 43.8 Å². The van der Waals surface area contributed by atoms with Crippen molar-refractivity contribution >= 4 is 34.6 Å². The smallest absolute Gasteiger partial charge is 0.322 e. The molecule has 4 N–H and O–H groups in total. The molecule has 0 aliphatic carbocycles. The summed E-state index contributed by atoms with van der Waals surface area (Å²) in [4.78, 5) is 46.2. The number of anilines is 1. The molecular formula is C39H37N7O6. The van der Waals surface area contributed by atoms with E-state index in [1.807, 2.05) is 60.7 Å². The number of aromatic nitrogens is 4. The maximum absolute atomic E-state index is 13.3. The molecule has 6 rings (SSSR count). The van der Waals surface area contributed by atoms with Crippen LogP contribution in [0.1, 0.15) is 32.7 Å². The van der Waals surface area contributed by atoms with Gasteiger partial charge < -0.3 is 25.2 Å². The third kappa shape index (κ3) is 7.59. The number of rotatable bonds is 15. The first kappa shape index (κ1) is 35.2. The topological polar surface area (TPSA) is 170 Å². The molecule has 13 nitrogen and oxygen atoms in total. The van der Waals surface area contributed by atoms with Crippen molar-refractivity contribution < 1.29 is 29.0 Å². The van der Waals surface area contributed by atoms with Crippen molar-refractivity contribution in [3.63, 3.8) is 0 Å². The van der Waals surface area contributed by atoms with Crippen LogP contribution >= 0.6 is 0 Å². The van der Waals surface area contributed by atoms with Crippen LogP contribution in [0.3, 0.4) is 0 Å². The molecule has 0 saturated heterocycles. The minimum absolute atomic E-state index is 0.159. The molecule has 0 spiro atoms. The molecule has 2 amide bonds. The number of carboxylic acid groups (broad SMARTS) is 1. The third-order valence-corrected chi connectivity index (χ3v) is 8.60. The zero-order chi connectivity index (χ0) is 36.5. The van der Waals surface area contributed by atoms with Crippen LogP contribution in [0.4, 0.5) is 5.82 Å². The van der Waals surface area contributed by atoms with Gasteiger partial charge in [0.1, 0.15) is 30.2 Å². The van der Waals surface area contributed by atoms with Crippen LogP contribution < -0.4 is 25.4 Å². The molecule has 0 atom stereocenters. The van der Waals surface area contributed by atoms with E-state index >= 15 is 0 Å². The Bertz CT molecular complexity index is 2120. The fourth-order valence-electron chi connectivity index (χ4n) is 6.14. The average Bonchev–Trinajstić information content (AvgIpc) is 3.53. The van der Waals surface area contributed by atoms with E-state index in [9.17, 15) is 14.4 Å². The van der Waals surface area contributed by atoms with Crippen molar-refractivity contribution in [3.8, 4) is 11.5 Å². The molecule has 264 valence electrons. The van der Waals surface area contributed by atoms with E-state index in [1.54, 1.807) is 36.1 Å². The summed E-state index contributed by atoms with van der Waals surface area (Å²) in [6, 6.07) is 34.8. The number of hydrogen-bond acceptors (Lipinski definition) is 9. The maximum Gasteiger partial charge on any atom is 0.322 e. The van der Waals surface area contributed by atoms with Crippen LogP contribution in [0.5, 0.6) is 11.5 Å². The molecule has 2 heterocycles. The minimum atomic E-state index is -1.18. The Morgan fingerprint density at radius 1 is 0.769 bits per heavy atom. The number of carbonyl (C=O) groups is 3. The minimum Gasteiger partial charge on any atom is -0.497 e. The largest absolute Gasteiger partial charge is 0.497 e. The highest BCUT2D eigenvalue weighted by Crippen LogP contribution is 2.37. The Labute approximate surface area is 299 Å². The van der Waals surface area contributed by atoms with Crippen LogP contribution in [0.15, 0.2) is 116 Å². The highest BCUT2D eigenvalue weighted by molar-refractivity contribution is 6.08. The van der Waals surface area contributed by atoms with Crippen LogP contribution in [-0.4, -0.2) is 69.9 Å². The lowest BCUT2D eigenvalue weighted by Gasteiger charge is -2.37. The molecule has 0 saturated carbocycles. The number of methoxy groups -OCH3 is 2. The SMILES string of the molecule is COc1ccc(C(=O)Nc2ncnc3c2c(CC(=O)NCC(=O)O)nn3CCNC(c2ccccc2)(c2ccccc2)c2ccc(OC)cc2)cc1. The van der Waals surface area contributed by atoms with Crippen molar-refractivity contribution in [2.75, 3.05) is 32.6 Å². The predicted octanol–water partition coefficient (Wildman–Crippen LogP) is 4.42. The Morgan fingerprint density at radius 3 is 1.92 bits per heavy atom. The zero-order valence-corrected chi connectivity index (χ0v) is 28.6. The molecule has 0 aliphatic heterocycles. The fourth-order valence-corrected chi connectivity index (χ4v) is 6.14. The monoisotopic (exact) mass is 699 g/mol. The fraction of sp³-hybridized carbons (Fsp3) is 0.179. The summed E-state index contributed by atoms with van der Waals surface area (Å²) in [5, 5.41) is 23.3. The number of nitrogens with one attached hydrogen (secondary N) is 3. The second kappa shape index (κ2) is 16.0. The highest BCUT2D eigenvalue weighted by atomic mass is 16.5. The van der Waals surface area contributed by atoms with Gasteiger partial charge in [-0.3, -0.25) is 19.7 Å². The number of carbonyl (C=O) groups excluding carboxylic acids is 2. The lowest BCUT2D eigenvalue weighted by Crippen LogP contribution is -2.46. The Balaban J connectivity index is 1.37. The lowest BCUT2D eigenvalue weighted by atomic mass is 9.77. The standard InChI is InChI=1S/C39H37N7O6/c1-51-30-17-13-26(14-18-30)38(50)44-36-35-32(23-33(47)40-24-34(48)49)45-46(37(35)42-25-41-36)22-21-43-39(27-9-5-3-6-10-27,28-11-7-4-8-12-28)29-15-19-31(52-2)20-16-29/h3-20,25,43H,21-24H2,1-2H3,(H,40,47)(H,48,49)(H,41,42,44,50). The number of benzene rings is 4. The van der Waals surface area contributed by atoms with E-state index in [2.05, 4.69) is 50.2 Å². The molecule has 0 bridgehead atoms. The summed E-state index contributed by atoms with van der Waals surface area (Å²) >= 11 is 0. The molecule has 0 radical (unpaired) electrons. The Hall–Kier alpha value is -6.60. The third-order valence-electron chi connectivity index (χ3n) is 8.60. The Morgan fingerprint density at radius 2 is 1.35 bits per heavy atom. The first-order chi connectivity index (χ1) is 25.3. The molecule has 52 heavy (non-hydrogen) atoms.